The maximum absolute atomic E-state index is 11.9. The molecule has 1 amide bonds. The van der Waals surface area contributed by atoms with Crippen molar-refractivity contribution in [3.63, 3.8) is 0 Å². The highest BCUT2D eigenvalue weighted by Crippen LogP contribution is 2.19. The van der Waals surface area contributed by atoms with Crippen LogP contribution in [0.5, 0.6) is 0 Å². The summed E-state index contributed by atoms with van der Waals surface area (Å²) in [5.41, 5.74) is 7.81. The maximum Gasteiger partial charge on any atom is 0.222 e. The molecule has 0 aliphatic carbocycles. The number of hydrogen-bond donors (Lipinski definition) is 1. The van der Waals surface area contributed by atoms with Crippen molar-refractivity contribution in [2.24, 2.45) is 5.73 Å². The van der Waals surface area contributed by atoms with Crippen molar-refractivity contribution in [2.45, 2.75) is 32.7 Å². The van der Waals surface area contributed by atoms with Crippen LogP contribution in [0, 0.1) is 6.92 Å². The summed E-state index contributed by atoms with van der Waals surface area (Å²) in [5, 5.41) is 0. The second-order valence-corrected chi connectivity index (χ2v) is 4.48. The Balaban J connectivity index is 0.00000289. The average Bonchev–Trinajstić information content (AvgIpc) is 2.35. The molecule has 0 aliphatic heterocycles. The Hall–Kier alpha value is -1.06. The SMILES string of the molecule is Cc1ccc(C(C)N(C)C(=O)CCCN)cc1.Cl. The van der Waals surface area contributed by atoms with Gasteiger partial charge in [-0.05, 0) is 32.4 Å². The van der Waals surface area contributed by atoms with Crippen LogP contribution in [0.15, 0.2) is 24.3 Å². The van der Waals surface area contributed by atoms with Gasteiger partial charge < -0.3 is 10.6 Å². The monoisotopic (exact) mass is 270 g/mol. The molecule has 1 atom stereocenters. The molecule has 3 nitrogen and oxygen atoms in total. The number of aryl methyl sites for hydroxylation is 1. The van der Waals surface area contributed by atoms with Gasteiger partial charge in [0, 0.05) is 13.5 Å². The highest BCUT2D eigenvalue weighted by Gasteiger charge is 2.16. The summed E-state index contributed by atoms with van der Waals surface area (Å²) < 4.78 is 0. The van der Waals surface area contributed by atoms with Crippen molar-refractivity contribution in [3.8, 4) is 0 Å². The van der Waals surface area contributed by atoms with Crippen LogP contribution >= 0.6 is 12.4 Å². The lowest BCUT2D eigenvalue weighted by molar-refractivity contribution is -0.131. The van der Waals surface area contributed by atoms with Gasteiger partial charge in [-0.25, -0.2) is 0 Å². The van der Waals surface area contributed by atoms with E-state index < -0.39 is 0 Å². The van der Waals surface area contributed by atoms with Crippen molar-refractivity contribution < 1.29 is 4.79 Å². The van der Waals surface area contributed by atoms with Crippen molar-refractivity contribution in [3.05, 3.63) is 35.4 Å². The quantitative estimate of drug-likeness (QED) is 0.894. The Labute approximate surface area is 116 Å². The number of nitrogens with two attached hydrogens (primary N) is 1. The molecule has 0 aliphatic rings. The molecule has 4 heteroatoms. The lowest BCUT2D eigenvalue weighted by Gasteiger charge is -2.25. The van der Waals surface area contributed by atoms with E-state index in [0.29, 0.717) is 13.0 Å². The number of rotatable bonds is 5. The molecule has 0 bridgehead atoms. The molecule has 102 valence electrons. The molecule has 1 rings (SSSR count). The normalized spacial score (nSPS) is 11.6. The van der Waals surface area contributed by atoms with Gasteiger partial charge in [0.05, 0.1) is 6.04 Å². The van der Waals surface area contributed by atoms with E-state index in [9.17, 15) is 4.79 Å². The summed E-state index contributed by atoms with van der Waals surface area (Å²) >= 11 is 0. The molecule has 0 radical (unpaired) electrons. The molecule has 0 fully saturated rings. The first-order valence-corrected chi connectivity index (χ1v) is 6.08. The third kappa shape index (κ3) is 4.67. The molecule has 0 saturated carbocycles. The maximum atomic E-state index is 11.9. The highest BCUT2D eigenvalue weighted by molar-refractivity contribution is 5.85. The number of benzene rings is 1. The molecule has 1 aromatic carbocycles. The van der Waals surface area contributed by atoms with Gasteiger partial charge in [-0.15, -0.1) is 12.4 Å². The number of hydrogen-bond acceptors (Lipinski definition) is 2. The van der Waals surface area contributed by atoms with Crippen molar-refractivity contribution in [2.75, 3.05) is 13.6 Å². The first-order valence-electron chi connectivity index (χ1n) is 6.08. The Bertz CT molecular complexity index is 365. The number of nitrogens with zero attached hydrogens (tertiary/aromatic N) is 1. The predicted molar refractivity (Wildman–Crippen MR) is 77.9 cm³/mol. The molecule has 1 aromatic rings. The summed E-state index contributed by atoms with van der Waals surface area (Å²) in [4.78, 5) is 13.6. The fraction of sp³-hybridized carbons (Fsp3) is 0.500. The molecule has 0 spiro atoms. The van der Waals surface area contributed by atoms with Crippen LogP contribution in [0.3, 0.4) is 0 Å². The fourth-order valence-electron chi connectivity index (χ4n) is 1.71. The Morgan fingerprint density at radius 2 is 1.89 bits per heavy atom. The van der Waals surface area contributed by atoms with Crippen LogP contribution in [0.2, 0.25) is 0 Å². The molecule has 1 unspecified atom stereocenters. The second kappa shape index (κ2) is 8.11. The van der Waals surface area contributed by atoms with Gasteiger partial charge in [-0.1, -0.05) is 29.8 Å². The number of carbonyl (C=O) groups is 1. The van der Waals surface area contributed by atoms with Crippen LogP contribution in [-0.4, -0.2) is 24.4 Å². The zero-order chi connectivity index (χ0) is 12.8. The van der Waals surface area contributed by atoms with Crippen LogP contribution < -0.4 is 5.73 Å². The lowest BCUT2D eigenvalue weighted by Crippen LogP contribution is -2.29. The highest BCUT2D eigenvalue weighted by atomic mass is 35.5. The van der Waals surface area contributed by atoms with E-state index in [1.807, 2.05) is 14.0 Å². The Kier molecular flexibility index (Phi) is 7.64. The Morgan fingerprint density at radius 1 is 1.33 bits per heavy atom. The third-order valence-corrected chi connectivity index (χ3v) is 3.13. The molecule has 0 aromatic heterocycles. The molecule has 0 heterocycles. The van der Waals surface area contributed by atoms with Crippen molar-refractivity contribution in [1.29, 1.82) is 0 Å². The largest absolute Gasteiger partial charge is 0.339 e. The summed E-state index contributed by atoms with van der Waals surface area (Å²) in [6, 6.07) is 8.41. The number of carbonyl (C=O) groups excluding carboxylic acids is 1. The third-order valence-electron chi connectivity index (χ3n) is 3.13. The predicted octanol–water partition coefficient (Wildman–Crippen LogP) is 2.68. The standard InChI is InChI=1S/C14H22N2O.ClH/c1-11-6-8-13(9-7-11)12(2)16(3)14(17)5-4-10-15;/h6-9,12H,4-5,10,15H2,1-3H3;1H. The molecule has 2 N–H and O–H groups in total. The number of halogens is 1. The summed E-state index contributed by atoms with van der Waals surface area (Å²) in [6.07, 6.45) is 1.28. The zero-order valence-electron chi connectivity index (χ0n) is 11.3. The topological polar surface area (TPSA) is 46.3 Å². The summed E-state index contributed by atoms with van der Waals surface area (Å²) in [6.45, 7) is 4.67. The lowest BCUT2D eigenvalue weighted by atomic mass is 10.1. The van der Waals surface area contributed by atoms with Crippen LogP contribution in [0.25, 0.3) is 0 Å². The smallest absolute Gasteiger partial charge is 0.222 e. The van der Waals surface area contributed by atoms with E-state index in [2.05, 4.69) is 31.2 Å². The van der Waals surface area contributed by atoms with E-state index >= 15 is 0 Å². The summed E-state index contributed by atoms with van der Waals surface area (Å²) in [5.74, 6) is 0.156. The number of amides is 1. The van der Waals surface area contributed by atoms with Crippen LogP contribution in [-0.2, 0) is 4.79 Å². The Morgan fingerprint density at radius 3 is 2.39 bits per heavy atom. The van der Waals surface area contributed by atoms with Crippen molar-refractivity contribution >= 4 is 18.3 Å². The van der Waals surface area contributed by atoms with E-state index in [1.165, 1.54) is 11.1 Å². The minimum atomic E-state index is 0. The minimum Gasteiger partial charge on any atom is -0.339 e. The molecule has 18 heavy (non-hydrogen) atoms. The average molecular weight is 271 g/mol. The zero-order valence-corrected chi connectivity index (χ0v) is 12.2. The molecule has 0 saturated heterocycles. The molecular formula is C14H23ClN2O. The second-order valence-electron chi connectivity index (χ2n) is 4.48. The van der Waals surface area contributed by atoms with Gasteiger partial charge in [-0.2, -0.15) is 0 Å². The van der Waals surface area contributed by atoms with Gasteiger partial charge in [0.1, 0.15) is 0 Å². The first-order chi connectivity index (χ1) is 8.06. The van der Waals surface area contributed by atoms with E-state index in [-0.39, 0.29) is 24.4 Å². The van der Waals surface area contributed by atoms with Gasteiger partial charge in [0.25, 0.3) is 0 Å². The van der Waals surface area contributed by atoms with Crippen LogP contribution in [0.4, 0.5) is 0 Å². The van der Waals surface area contributed by atoms with Gasteiger partial charge in [-0.3, -0.25) is 4.79 Å². The van der Waals surface area contributed by atoms with E-state index in [0.717, 1.165) is 6.42 Å². The van der Waals surface area contributed by atoms with Gasteiger partial charge >= 0.3 is 0 Å². The van der Waals surface area contributed by atoms with Crippen molar-refractivity contribution in [1.82, 2.24) is 4.90 Å². The van der Waals surface area contributed by atoms with Gasteiger partial charge in [0.2, 0.25) is 5.91 Å². The van der Waals surface area contributed by atoms with E-state index in [1.54, 1.807) is 4.90 Å². The first kappa shape index (κ1) is 16.9. The van der Waals surface area contributed by atoms with E-state index in [4.69, 9.17) is 5.73 Å². The molecular weight excluding hydrogens is 248 g/mol. The fourth-order valence-corrected chi connectivity index (χ4v) is 1.71. The summed E-state index contributed by atoms with van der Waals surface area (Å²) in [7, 11) is 1.85. The van der Waals surface area contributed by atoms with Gasteiger partial charge in [0.15, 0.2) is 0 Å². The minimum absolute atomic E-state index is 0. The van der Waals surface area contributed by atoms with Crippen LogP contribution in [0.1, 0.15) is 36.9 Å².